The summed E-state index contributed by atoms with van der Waals surface area (Å²) in [6.07, 6.45) is 9.27. The van der Waals surface area contributed by atoms with Crippen molar-refractivity contribution in [2.75, 3.05) is 4.90 Å². The first kappa shape index (κ1) is 41.1. The third-order valence-electron chi connectivity index (χ3n) is 16.8. The Hall–Kier alpha value is -7.16. The van der Waals surface area contributed by atoms with Crippen molar-refractivity contribution in [1.29, 1.82) is 0 Å². The normalized spacial score (nSPS) is 19.1. The van der Waals surface area contributed by atoms with Crippen LogP contribution < -0.4 is 4.90 Å². The predicted molar refractivity (Wildman–Crippen MR) is 286 cm³/mol. The van der Waals surface area contributed by atoms with Crippen molar-refractivity contribution < 1.29 is 0 Å². The van der Waals surface area contributed by atoms with Gasteiger partial charge < -0.3 is 9.47 Å². The third kappa shape index (κ3) is 6.44. The van der Waals surface area contributed by atoms with Crippen LogP contribution in [0.5, 0.6) is 0 Å². The summed E-state index contributed by atoms with van der Waals surface area (Å²) in [5, 5.41) is 5.04. The summed E-state index contributed by atoms with van der Waals surface area (Å²) in [5.41, 5.74) is 17.7. The molecule has 0 spiro atoms. The van der Waals surface area contributed by atoms with E-state index >= 15 is 0 Å². The maximum Gasteiger partial charge on any atom is 0.0718 e. The standard InChI is InChI=1S/C66H58N2/c1-3-45-39-46-41-48(50(40-45)42-46)31-32-49-43-53(37-38-60(49)66(59-25-11-4-17-44(59)2)61-26-12-7-21-55(61)56-22-8-13-27-62(56)66)67(63-30-16-19-47-18-5-6-20-54(47)63)51-33-35-52(36-34-51)68-64-28-14-9-23-57(64)58-24-10-15-29-65(58)68/h4-30,33-38,43,45-46,48,50H,3,31-32,39-42H2,1-2H3/t45-,46-,48?,50-/m0/s1. The lowest BCUT2D eigenvalue weighted by Crippen LogP contribution is -2.31. The molecule has 4 atom stereocenters. The molecular weight excluding hydrogens is 821 g/mol. The lowest BCUT2D eigenvalue weighted by molar-refractivity contribution is 0.235. The van der Waals surface area contributed by atoms with Gasteiger partial charge in [-0.15, -0.1) is 0 Å². The van der Waals surface area contributed by atoms with Gasteiger partial charge in [-0.3, -0.25) is 0 Å². The van der Waals surface area contributed by atoms with Crippen molar-refractivity contribution in [3.63, 3.8) is 0 Å². The number of anilines is 3. The molecule has 0 saturated heterocycles. The lowest BCUT2D eigenvalue weighted by atomic mass is 9.65. The Labute approximate surface area is 401 Å². The number of hydrogen-bond donors (Lipinski definition) is 0. The molecule has 2 fully saturated rings. The van der Waals surface area contributed by atoms with Crippen LogP contribution in [-0.2, 0) is 11.8 Å². The molecule has 68 heavy (non-hydrogen) atoms. The van der Waals surface area contributed by atoms with Gasteiger partial charge in [0.25, 0.3) is 0 Å². The minimum Gasteiger partial charge on any atom is -0.310 e. The second-order valence-electron chi connectivity index (χ2n) is 20.4. The van der Waals surface area contributed by atoms with Gasteiger partial charge in [-0.2, -0.15) is 0 Å². The Morgan fingerprint density at radius 2 is 1.12 bits per heavy atom. The van der Waals surface area contributed by atoms with E-state index in [0.717, 1.165) is 41.5 Å². The summed E-state index contributed by atoms with van der Waals surface area (Å²) < 4.78 is 2.42. The van der Waals surface area contributed by atoms with Crippen LogP contribution in [0.25, 0.3) is 49.4 Å². The summed E-state index contributed by atoms with van der Waals surface area (Å²) in [6, 6.07) is 78.0. The maximum atomic E-state index is 2.61. The Morgan fingerprint density at radius 1 is 0.515 bits per heavy atom. The fourth-order valence-electron chi connectivity index (χ4n) is 13.9. The van der Waals surface area contributed by atoms with E-state index in [0.29, 0.717) is 0 Å². The van der Waals surface area contributed by atoms with Gasteiger partial charge in [-0.05, 0) is 174 Å². The molecule has 332 valence electrons. The van der Waals surface area contributed by atoms with Gasteiger partial charge in [0.15, 0.2) is 0 Å². The molecule has 2 saturated carbocycles. The van der Waals surface area contributed by atoms with Crippen molar-refractivity contribution in [1.82, 2.24) is 4.57 Å². The van der Waals surface area contributed by atoms with Gasteiger partial charge in [0.1, 0.15) is 0 Å². The second kappa shape index (κ2) is 16.6. The number of aromatic nitrogens is 1. The molecule has 1 heterocycles. The van der Waals surface area contributed by atoms with E-state index in [1.807, 2.05) is 0 Å². The predicted octanol–water partition coefficient (Wildman–Crippen LogP) is 17.5. The average Bonchev–Trinajstić information content (AvgIpc) is 4.00. The quantitative estimate of drug-likeness (QED) is 0.133. The van der Waals surface area contributed by atoms with Gasteiger partial charge in [0.05, 0.1) is 22.1 Å². The summed E-state index contributed by atoms with van der Waals surface area (Å²) >= 11 is 0. The Kier molecular flexibility index (Phi) is 10.0. The molecule has 2 bridgehead atoms. The molecule has 0 N–H and O–H groups in total. The molecular formula is C66H58N2. The fourth-order valence-corrected chi connectivity index (χ4v) is 13.9. The zero-order chi connectivity index (χ0) is 45.3. The zero-order valence-electron chi connectivity index (χ0n) is 39.3. The van der Waals surface area contributed by atoms with Crippen LogP contribution in [0.3, 0.4) is 0 Å². The number of aryl methyl sites for hydroxylation is 2. The summed E-state index contributed by atoms with van der Waals surface area (Å²) in [5.74, 6) is 3.42. The summed E-state index contributed by atoms with van der Waals surface area (Å²) in [4.78, 5) is 2.54. The van der Waals surface area contributed by atoms with E-state index in [4.69, 9.17) is 0 Å². The van der Waals surface area contributed by atoms with Crippen molar-refractivity contribution >= 4 is 49.6 Å². The highest BCUT2D eigenvalue weighted by Crippen LogP contribution is 2.58. The van der Waals surface area contributed by atoms with Gasteiger partial charge in [-0.25, -0.2) is 0 Å². The number of nitrogens with zero attached hydrogens (tertiary/aromatic N) is 2. The molecule has 1 unspecified atom stereocenters. The van der Waals surface area contributed by atoms with E-state index in [9.17, 15) is 0 Å². The molecule has 0 radical (unpaired) electrons. The van der Waals surface area contributed by atoms with Crippen LogP contribution in [0.4, 0.5) is 17.1 Å². The van der Waals surface area contributed by atoms with Crippen molar-refractivity contribution in [2.24, 2.45) is 23.7 Å². The van der Waals surface area contributed by atoms with Crippen LogP contribution in [-0.4, -0.2) is 4.57 Å². The number of hydrogen-bond acceptors (Lipinski definition) is 1. The molecule has 9 aromatic carbocycles. The Balaban J connectivity index is 1.02. The van der Waals surface area contributed by atoms with Crippen LogP contribution in [0.2, 0.25) is 0 Å². The first-order chi connectivity index (χ1) is 33.6. The largest absolute Gasteiger partial charge is 0.310 e. The third-order valence-corrected chi connectivity index (χ3v) is 16.8. The van der Waals surface area contributed by atoms with Crippen molar-refractivity contribution in [3.8, 4) is 16.8 Å². The summed E-state index contributed by atoms with van der Waals surface area (Å²) in [6.45, 7) is 4.74. The highest BCUT2D eigenvalue weighted by Gasteiger charge is 2.48. The van der Waals surface area contributed by atoms with E-state index in [1.54, 1.807) is 0 Å². The maximum absolute atomic E-state index is 2.61. The highest BCUT2D eigenvalue weighted by atomic mass is 15.1. The monoisotopic (exact) mass is 878 g/mol. The van der Waals surface area contributed by atoms with Crippen molar-refractivity contribution in [3.05, 3.63) is 240 Å². The molecule has 3 aliphatic carbocycles. The van der Waals surface area contributed by atoms with E-state index in [-0.39, 0.29) is 0 Å². The molecule has 13 rings (SSSR count). The van der Waals surface area contributed by atoms with Gasteiger partial charge >= 0.3 is 0 Å². The number of rotatable bonds is 10. The molecule has 2 heteroatoms. The first-order valence-corrected chi connectivity index (χ1v) is 25.3. The van der Waals surface area contributed by atoms with Crippen LogP contribution >= 0.6 is 0 Å². The van der Waals surface area contributed by atoms with E-state index < -0.39 is 5.41 Å². The molecule has 3 aliphatic rings. The van der Waals surface area contributed by atoms with E-state index in [1.165, 1.54) is 127 Å². The average molecular weight is 879 g/mol. The van der Waals surface area contributed by atoms with Crippen molar-refractivity contribution in [2.45, 2.75) is 64.2 Å². The minimum atomic E-state index is -0.473. The van der Waals surface area contributed by atoms with Gasteiger partial charge in [0, 0.05) is 33.2 Å². The smallest absolute Gasteiger partial charge is 0.0718 e. The Bertz CT molecular complexity index is 3410. The van der Waals surface area contributed by atoms with Crippen LogP contribution in [0.15, 0.2) is 206 Å². The number of fused-ring (bicyclic) bond motifs is 9. The van der Waals surface area contributed by atoms with Gasteiger partial charge in [-0.1, -0.05) is 165 Å². The fraction of sp³-hybridized carbons (Fsp3) is 0.212. The Morgan fingerprint density at radius 3 is 1.82 bits per heavy atom. The first-order valence-electron chi connectivity index (χ1n) is 25.3. The molecule has 0 amide bonds. The SMILES string of the molecule is CC[C@H]1C[C@H]2CC(CCc3cc(N(c4ccc(-n5c6ccccc6c6ccccc65)cc4)c4cccc5ccccc45)ccc3C3(c4ccccc4C)c4ccccc4-c4ccccc43)[C@H](C2)C1. The molecule has 10 aromatic rings. The number of para-hydroxylation sites is 2. The van der Waals surface area contributed by atoms with Gasteiger partial charge in [0.2, 0.25) is 0 Å². The topological polar surface area (TPSA) is 8.17 Å². The van der Waals surface area contributed by atoms with Crippen LogP contribution in [0.1, 0.15) is 78.8 Å². The summed E-state index contributed by atoms with van der Waals surface area (Å²) in [7, 11) is 0. The zero-order valence-corrected chi connectivity index (χ0v) is 39.3. The van der Waals surface area contributed by atoms with E-state index in [2.05, 4.69) is 230 Å². The lowest BCUT2D eigenvalue weighted by Gasteiger charge is -2.37. The highest BCUT2D eigenvalue weighted by molar-refractivity contribution is 6.09. The minimum absolute atomic E-state index is 0.473. The van der Waals surface area contributed by atoms with Crippen LogP contribution in [0, 0.1) is 30.6 Å². The molecule has 2 nitrogen and oxygen atoms in total. The molecule has 1 aromatic heterocycles. The second-order valence-corrected chi connectivity index (χ2v) is 20.4. The number of benzene rings is 9. The molecule has 0 aliphatic heterocycles.